The van der Waals surface area contributed by atoms with Crippen LogP contribution in [0.5, 0.6) is 0 Å². The molecule has 0 spiro atoms. The number of rotatable bonds is 8. The predicted molar refractivity (Wildman–Crippen MR) is 93.3 cm³/mol. The van der Waals surface area contributed by atoms with E-state index in [0.29, 0.717) is 24.4 Å². The summed E-state index contributed by atoms with van der Waals surface area (Å²) in [6, 6.07) is 10.9. The lowest BCUT2D eigenvalue weighted by Crippen LogP contribution is -2.40. The molecule has 1 aromatic carbocycles. The molecule has 2 N–H and O–H groups in total. The largest absolute Gasteiger partial charge is 0.481 e. The summed E-state index contributed by atoms with van der Waals surface area (Å²) in [6.45, 7) is 10.0. The smallest absolute Gasteiger partial charge is 0.307 e. The van der Waals surface area contributed by atoms with Crippen molar-refractivity contribution >= 4 is 5.97 Å². The van der Waals surface area contributed by atoms with Crippen LogP contribution in [-0.2, 0) is 11.3 Å². The molecule has 0 saturated carbocycles. The molecule has 3 unspecified atom stereocenters. The molecule has 23 heavy (non-hydrogen) atoms. The molecule has 1 aromatic rings. The van der Waals surface area contributed by atoms with Gasteiger partial charge in [-0.05, 0) is 23.8 Å². The van der Waals surface area contributed by atoms with Gasteiger partial charge in [0.2, 0.25) is 0 Å². The van der Waals surface area contributed by atoms with Gasteiger partial charge in [0.1, 0.15) is 0 Å². The Hall–Kier alpha value is -1.39. The van der Waals surface area contributed by atoms with Gasteiger partial charge in [-0.2, -0.15) is 0 Å². The molecule has 4 nitrogen and oxygen atoms in total. The van der Waals surface area contributed by atoms with Crippen LogP contribution in [0.1, 0.15) is 32.8 Å². The minimum Gasteiger partial charge on any atom is -0.481 e. The number of hydrogen-bond acceptors (Lipinski definition) is 3. The Bertz CT molecular complexity index is 489. The van der Waals surface area contributed by atoms with Crippen LogP contribution in [0.15, 0.2) is 30.3 Å². The molecule has 4 heteroatoms. The van der Waals surface area contributed by atoms with Crippen molar-refractivity contribution in [2.24, 2.45) is 17.8 Å². The van der Waals surface area contributed by atoms with E-state index in [4.69, 9.17) is 0 Å². The van der Waals surface area contributed by atoms with Gasteiger partial charge in [-0.15, -0.1) is 0 Å². The first-order valence-electron chi connectivity index (χ1n) is 8.68. The van der Waals surface area contributed by atoms with Gasteiger partial charge in [-0.3, -0.25) is 9.69 Å². The third kappa shape index (κ3) is 5.63. The zero-order valence-electron chi connectivity index (χ0n) is 14.5. The van der Waals surface area contributed by atoms with Crippen molar-refractivity contribution in [3.8, 4) is 0 Å². The van der Waals surface area contributed by atoms with Gasteiger partial charge in [0, 0.05) is 32.2 Å². The van der Waals surface area contributed by atoms with Crippen molar-refractivity contribution in [3.63, 3.8) is 0 Å². The lowest BCUT2D eigenvalue weighted by Gasteiger charge is -2.21. The monoisotopic (exact) mass is 318 g/mol. The first kappa shape index (κ1) is 18.0. The second kappa shape index (κ2) is 8.46. The van der Waals surface area contributed by atoms with E-state index < -0.39 is 5.97 Å². The summed E-state index contributed by atoms with van der Waals surface area (Å²) in [7, 11) is 0. The number of carboxylic acid groups (broad SMARTS) is 1. The van der Waals surface area contributed by atoms with Gasteiger partial charge >= 0.3 is 5.97 Å². The average molecular weight is 318 g/mol. The van der Waals surface area contributed by atoms with Gasteiger partial charge in [0.05, 0.1) is 5.92 Å². The normalized spacial score (nSPS) is 23.3. The number of carboxylic acids is 1. The number of nitrogens with zero attached hydrogens (tertiary/aromatic N) is 1. The highest BCUT2D eigenvalue weighted by atomic mass is 16.4. The SMILES string of the molecule is CC(C)CC(CNC1CN(Cc2ccccc2)CC1C)C(=O)O. The van der Waals surface area contributed by atoms with Gasteiger partial charge < -0.3 is 10.4 Å². The summed E-state index contributed by atoms with van der Waals surface area (Å²) >= 11 is 0. The van der Waals surface area contributed by atoms with E-state index in [2.05, 4.69) is 55.3 Å². The maximum Gasteiger partial charge on any atom is 0.307 e. The molecule has 1 aliphatic heterocycles. The van der Waals surface area contributed by atoms with Crippen molar-refractivity contribution in [2.45, 2.75) is 39.8 Å². The minimum atomic E-state index is -0.682. The second-order valence-electron chi connectivity index (χ2n) is 7.34. The summed E-state index contributed by atoms with van der Waals surface area (Å²) in [4.78, 5) is 13.8. The highest BCUT2D eigenvalue weighted by Crippen LogP contribution is 2.20. The van der Waals surface area contributed by atoms with Crippen molar-refractivity contribution in [2.75, 3.05) is 19.6 Å². The Morgan fingerprint density at radius 1 is 1.30 bits per heavy atom. The van der Waals surface area contributed by atoms with Crippen LogP contribution < -0.4 is 5.32 Å². The lowest BCUT2D eigenvalue weighted by atomic mass is 9.96. The third-order valence-electron chi connectivity index (χ3n) is 4.67. The Balaban J connectivity index is 1.83. The molecule has 0 aromatic heterocycles. The van der Waals surface area contributed by atoms with Crippen LogP contribution in [-0.4, -0.2) is 41.7 Å². The van der Waals surface area contributed by atoms with E-state index in [9.17, 15) is 9.90 Å². The highest BCUT2D eigenvalue weighted by Gasteiger charge is 2.30. The first-order valence-corrected chi connectivity index (χ1v) is 8.68. The van der Waals surface area contributed by atoms with E-state index in [-0.39, 0.29) is 5.92 Å². The fourth-order valence-corrected chi connectivity index (χ4v) is 3.44. The molecular weight excluding hydrogens is 288 g/mol. The Kier molecular flexibility index (Phi) is 6.60. The number of nitrogens with one attached hydrogen (secondary N) is 1. The van der Waals surface area contributed by atoms with Crippen molar-refractivity contribution in [1.82, 2.24) is 10.2 Å². The van der Waals surface area contributed by atoms with Crippen LogP contribution in [0.2, 0.25) is 0 Å². The van der Waals surface area contributed by atoms with E-state index in [1.807, 2.05) is 6.07 Å². The van der Waals surface area contributed by atoms with Crippen molar-refractivity contribution in [1.29, 1.82) is 0 Å². The topological polar surface area (TPSA) is 52.6 Å². The van der Waals surface area contributed by atoms with E-state index in [0.717, 1.165) is 26.1 Å². The Morgan fingerprint density at radius 2 is 2.00 bits per heavy atom. The summed E-state index contributed by atoms with van der Waals surface area (Å²) in [5, 5.41) is 12.9. The molecule has 3 atom stereocenters. The number of carbonyl (C=O) groups is 1. The standard InChI is InChI=1S/C19H30N2O2/c1-14(2)9-17(19(22)23)10-20-18-13-21(11-15(18)3)12-16-7-5-4-6-8-16/h4-8,14-15,17-18,20H,9-13H2,1-3H3,(H,22,23). The van der Waals surface area contributed by atoms with Crippen LogP contribution in [0.4, 0.5) is 0 Å². The molecule has 0 radical (unpaired) electrons. The molecule has 128 valence electrons. The fourth-order valence-electron chi connectivity index (χ4n) is 3.44. The molecular formula is C19H30N2O2. The minimum absolute atomic E-state index is 0.287. The van der Waals surface area contributed by atoms with Gasteiger partial charge in [-0.1, -0.05) is 51.1 Å². The first-order chi connectivity index (χ1) is 11.0. The molecule has 0 amide bonds. The molecule has 2 rings (SSSR count). The third-order valence-corrected chi connectivity index (χ3v) is 4.67. The molecule has 0 aliphatic carbocycles. The number of likely N-dealkylation sites (tertiary alicyclic amines) is 1. The molecule has 1 aliphatic rings. The van der Waals surface area contributed by atoms with Crippen LogP contribution in [0.25, 0.3) is 0 Å². The van der Waals surface area contributed by atoms with E-state index in [1.54, 1.807) is 0 Å². The van der Waals surface area contributed by atoms with Crippen molar-refractivity contribution in [3.05, 3.63) is 35.9 Å². The molecule has 0 bridgehead atoms. The van der Waals surface area contributed by atoms with Gasteiger partial charge in [0.15, 0.2) is 0 Å². The summed E-state index contributed by atoms with van der Waals surface area (Å²) < 4.78 is 0. The van der Waals surface area contributed by atoms with E-state index in [1.165, 1.54) is 5.56 Å². The van der Waals surface area contributed by atoms with Crippen molar-refractivity contribution < 1.29 is 9.90 Å². The summed E-state index contributed by atoms with van der Waals surface area (Å²) in [6.07, 6.45) is 0.733. The van der Waals surface area contributed by atoms with Gasteiger partial charge in [-0.25, -0.2) is 0 Å². The van der Waals surface area contributed by atoms with Crippen LogP contribution in [0, 0.1) is 17.8 Å². The number of benzene rings is 1. The zero-order valence-corrected chi connectivity index (χ0v) is 14.5. The quantitative estimate of drug-likeness (QED) is 0.774. The average Bonchev–Trinajstić information content (AvgIpc) is 2.83. The summed E-state index contributed by atoms with van der Waals surface area (Å²) in [5.41, 5.74) is 1.34. The van der Waals surface area contributed by atoms with Crippen LogP contribution in [0.3, 0.4) is 0 Å². The number of hydrogen-bond donors (Lipinski definition) is 2. The predicted octanol–water partition coefficient (Wildman–Crippen LogP) is 2.84. The summed E-state index contributed by atoms with van der Waals surface area (Å²) in [5.74, 6) is -0.0101. The lowest BCUT2D eigenvalue weighted by molar-refractivity contribution is -0.142. The highest BCUT2D eigenvalue weighted by molar-refractivity contribution is 5.70. The molecule has 1 fully saturated rings. The zero-order chi connectivity index (χ0) is 16.8. The Labute approximate surface area is 139 Å². The second-order valence-corrected chi connectivity index (χ2v) is 7.34. The number of aliphatic carboxylic acids is 1. The Morgan fingerprint density at radius 3 is 2.61 bits per heavy atom. The molecule has 1 heterocycles. The molecule has 1 saturated heterocycles. The van der Waals surface area contributed by atoms with E-state index >= 15 is 0 Å². The van der Waals surface area contributed by atoms with Gasteiger partial charge in [0.25, 0.3) is 0 Å². The van der Waals surface area contributed by atoms with Crippen LogP contribution >= 0.6 is 0 Å². The maximum atomic E-state index is 11.4. The maximum absolute atomic E-state index is 11.4. The fraction of sp³-hybridized carbons (Fsp3) is 0.632.